The Balaban J connectivity index is 1.74. The van der Waals surface area contributed by atoms with Crippen LogP contribution in [-0.4, -0.2) is 47.9 Å². The van der Waals surface area contributed by atoms with Crippen molar-refractivity contribution in [3.8, 4) is 0 Å². The number of nitrogens with zero attached hydrogens (tertiary/aromatic N) is 4. The number of amides is 1. The summed E-state index contributed by atoms with van der Waals surface area (Å²) in [6.07, 6.45) is -0.990. The zero-order chi connectivity index (χ0) is 22.2. The number of carbonyl (C=O) groups excluding carboxylic acids is 2. The van der Waals surface area contributed by atoms with Gasteiger partial charge in [0.2, 0.25) is 5.91 Å². The van der Waals surface area contributed by atoms with Crippen LogP contribution in [0, 0.1) is 0 Å². The molecule has 2 fully saturated rings. The highest BCUT2D eigenvalue weighted by Gasteiger charge is 2.70. The average molecular weight is 440 g/mol. The molecule has 10 heteroatoms. The van der Waals surface area contributed by atoms with E-state index in [0.717, 1.165) is 4.90 Å². The third-order valence-electron chi connectivity index (χ3n) is 5.92. The second kappa shape index (κ2) is 7.72. The third kappa shape index (κ3) is 3.24. The highest BCUT2D eigenvalue weighted by molar-refractivity contribution is 7.94. The van der Waals surface area contributed by atoms with Gasteiger partial charge in [-0.3, -0.25) is 4.79 Å². The van der Waals surface area contributed by atoms with Crippen LogP contribution >= 0.6 is 0 Å². The van der Waals surface area contributed by atoms with Crippen LogP contribution in [-0.2, 0) is 24.2 Å². The molecule has 31 heavy (non-hydrogen) atoms. The van der Waals surface area contributed by atoms with Gasteiger partial charge in [-0.05, 0) is 23.6 Å². The predicted octanol–water partition coefficient (Wildman–Crippen LogP) is 2.74. The first-order valence-corrected chi connectivity index (χ1v) is 11.2. The molecule has 0 aromatic heterocycles. The first-order chi connectivity index (χ1) is 14.8. The maximum absolute atomic E-state index is 13.4. The summed E-state index contributed by atoms with van der Waals surface area (Å²) in [7, 11) is -3.95. The molecule has 1 unspecified atom stereocenters. The van der Waals surface area contributed by atoms with Gasteiger partial charge in [-0.15, -0.1) is 0 Å². The summed E-state index contributed by atoms with van der Waals surface area (Å²) in [4.78, 5) is 29.3. The second-order valence-electron chi connectivity index (χ2n) is 7.75. The fraction of sp³-hybridized carbons (Fsp3) is 0.333. The maximum Gasteiger partial charge on any atom is 0.331 e. The van der Waals surface area contributed by atoms with E-state index in [4.69, 9.17) is 10.3 Å². The standard InChI is InChI=1S/C21H20N4O5S/c1-21(13-23-24-22)19(25-16(26)12-17(25)31(21,28)29)20(27)30-18(14-8-4-2-5-9-14)15-10-6-3-7-11-15/h2-11,17-19H,12-13H2,1H3/t17?,19-,21+/m0/s1. The SMILES string of the molecule is C[C@@]1(CN=[N+]=[N-])[C@H](C(=O)OC(c2ccccc2)c2ccccc2)N2C(=O)CC2S1(=O)=O. The summed E-state index contributed by atoms with van der Waals surface area (Å²) in [5.74, 6) is -1.30. The van der Waals surface area contributed by atoms with Crippen LogP contribution in [0.5, 0.6) is 0 Å². The number of hydrogen-bond donors (Lipinski definition) is 0. The van der Waals surface area contributed by atoms with Gasteiger partial charge in [-0.25, -0.2) is 13.2 Å². The zero-order valence-electron chi connectivity index (χ0n) is 16.7. The monoisotopic (exact) mass is 440 g/mol. The number of β-lactam (4-membered cyclic amide) rings is 1. The van der Waals surface area contributed by atoms with E-state index in [1.807, 2.05) is 12.1 Å². The van der Waals surface area contributed by atoms with E-state index >= 15 is 0 Å². The van der Waals surface area contributed by atoms with Crippen molar-refractivity contribution in [2.75, 3.05) is 6.54 Å². The van der Waals surface area contributed by atoms with Crippen LogP contribution in [0.1, 0.15) is 30.6 Å². The molecule has 1 amide bonds. The summed E-state index contributed by atoms with van der Waals surface area (Å²) < 4.78 is 30.2. The van der Waals surface area contributed by atoms with Gasteiger partial charge < -0.3 is 9.64 Å². The Morgan fingerprint density at radius 3 is 2.23 bits per heavy atom. The Morgan fingerprint density at radius 2 is 1.74 bits per heavy atom. The molecule has 0 radical (unpaired) electrons. The molecule has 3 atom stereocenters. The topological polar surface area (TPSA) is 130 Å². The molecule has 0 bridgehead atoms. The first-order valence-electron chi connectivity index (χ1n) is 9.67. The van der Waals surface area contributed by atoms with Gasteiger partial charge in [-0.1, -0.05) is 65.8 Å². The molecule has 160 valence electrons. The highest BCUT2D eigenvalue weighted by Crippen LogP contribution is 2.47. The number of carbonyl (C=O) groups is 2. The number of azide groups is 1. The van der Waals surface area contributed by atoms with Gasteiger partial charge in [0.05, 0.1) is 6.42 Å². The Labute approximate surface area is 179 Å². The van der Waals surface area contributed by atoms with Crippen molar-refractivity contribution >= 4 is 21.7 Å². The number of rotatable bonds is 6. The molecular weight excluding hydrogens is 420 g/mol. The van der Waals surface area contributed by atoms with Gasteiger partial charge in [0, 0.05) is 11.5 Å². The molecule has 2 aromatic rings. The number of esters is 1. The van der Waals surface area contributed by atoms with Crippen LogP contribution in [0.4, 0.5) is 0 Å². The molecule has 2 aliphatic heterocycles. The predicted molar refractivity (Wildman–Crippen MR) is 111 cm³/mol. The molecule has 0 saturated carbocycles. The zero-order valence-corrected chi connectivity index (χ0v) is 17.5. The largest absolute Gasteiger partial charge is 0.451 e. The maximum atomic E-state index is 13.4. The second-order valence-corrected chi connectivity index (χ2v) is 10.3. The summed E-state index contributed by atoms with van der Waals surface area (Å²) in [5, 5.41) is 2.32. The van der Waals surface area contributed by atoms with Crippen LogP contribution in [0.3, 0.4) is 0 Å². The summed E-state index contributed by atoms with van der Waals surface area (Å²) in [6.45, 7) is 0.849. The minimum atomic E-state index is -3.95. The average Bonchev–Trinajstić information content (AvgIpc) is 2.92. The summed E-state index contributed by atoms with van der Waals surface area (Å²) >= 11 is 0. The van der Waals surface area contributed by atoms with Gasteiger partial charge in [0.25, 0.3) is 0 Å². The van der Waals surface area contributed by atoms with E-state index in [0.29, 0.717) is 11.1 Å². The van der Waals surface area contributed by atoms with Gasteiger partial charge in [0.15, 0.2) is 22.0 Å². The Morgan fingerprint density at radius 1 is 1.19 bits per heavy atom. The first kappa shape index (κ1) is 20.9. The van der Waals surface area contributed by atoms with E-state index in [2.05, 4.69) is 10.0 Å². The van der Waals surface area contributed by atoms with E-state index in [1.54, 1.807) is 48.5 Å². The van der Waals surface area contributed by atoms with Gasteiger partial charge >= 0.3 is 5.97 Å². The Kier molecular flexibility index (Phi) is 5.20. The van der Waals surface area contributed by atoms with Crippen molar-refractivity contribution in [1.29, 1.82) is 0 Å². The number of ether oxygens (including phenoxy) is 1. The Bertz CT molecular complexity index is 1130. The number of sulfone groups is 1. The minimum Gasteiger partial charge on any atom is -0.451 e. The highest BCUT2D eigenvalue weighted by atomic mass is 32.2. The normalized spacial score (nSPS) is 26.0. The van der Waals surface area contributed by atoms with E-state index in [1.165, 1.54) is 6.92 Å². The van der Waals surface area contributed by atoms with Gasteiger partial charge in [0.1, 0.15) is 10.1 Å². The van der Waals surface area contributed by atoms with Crippen molar-refractivity contribution in [3.05, 3.63) is 82.2 Å². The van der Waals surface area contributed by atoms with Crippen LogP contribution < -0.4 is 0 Å². The molecule has 2 saturated heterocycles. The van der Waals surface area contributed by atoms with E-state index in [9.17, 15) is 18.0 Å². The van der Waals surface area contributed by atoms with Crippen molar-refractivity contribution in [3.63, 3.8) is 0 Å². The van der Waals surface area contributed by atoms with E-state index < -0.39 is 50.5 Å². The fourth-order valence-corrected chi connectivity index (χ4v) is 6.49. The fourth-order valence-electron chi connectivity index (χ4n) is 4.21. The van der Waals surface area contributed by atoms with Crippen molar-refractivity contribution in [2.45, 2.75) is 35.6 Å². The quantitative estimate of drug-likeness (QED) is 0.224. The molecule has 0 N–H and O–H groups in total. The van der Waals surface area contributed by atoms with E-state index in [-0.39, 0.29) is 6.42 Å². The number of benzene rings is 2. The summed E-state index contributed by atoms with van der Waals surface area (Å²) in [6, 6.07) is 16.7. The number of fused-ring (bicyclic) bond motifs is 1. The third-order valence-corrected chi connectivity index (χ3v) is 8.68. The molecule has 4 rings (SSSR count). The smallest absolute Gasteiger partial charge is 0.331 e. The molecule has 2 aliphatic rings. The number of hydrogen-bond acceptors (Lipinski definition) is 6. The molecule has 0 spiro atoms. The Hall–Kier alpha value is -3.36. The van der Waals surface area contributed by atoms with Crippen molar-refractivity contribution in [2.24, 2.45) is 5.11 Å². The lowest BCUT2D eigenvalue weighted by Crippen LogP contribution is -2.58. The van der Waals surface area contributed by atoms with Crippen molar-refractivity contribution < 1.29 is 22.7 Å². The molecule has 2 aromatic carbocycles. The lowest BCUT2D eigenvalue weighted by molar-refractivity contribution is -0.164. The minimum absolute atomic E-state index is 0.196. The van der Waals surface area contributed by atoms with Crippen LogP contribution in [0.15, 0.2) is 65.8 Å². The molecular formula is C21H20N4O5S. The lowest BCUT2D eigenvalue weighted by atomic mass is 9.96. The summed E-state index contributed by atoms with van der Waals surface area (Å²) in [5.41, 5.74) is 10.1. The van der Waals surface area contributed by atoms with Crippen molar-refractivity contribution in [1.82, 2.24) is 4.90 Å². The van der Waals surface area contributed by atoms with Crippen LogP contribution in [0.2, 0.25) is 0 Å². The molecule has 2 heterocycles. The molecule has 9 nitrogen and oxygen atoms in total. The van der Waals surface area contributed by atoms with Crippen LogP contribution in [0.25, 0.3) is 10.4 Å². The van der Waals surface area contributed by atoms with Gasteiger partial charge in [-0.2, -0.15) is 0 Å². The molecule has 0 aliphatic carbocycles. The lowest BCUT2D eigenvalue weighted by Gasteiger charge is -2.37.